The summed E-state index contributed by atoms with van der Waals surface area (Å²) in [6, 6.07) is 14.6. The number of nitrogens with one attached hydrogen (secondary N) is 2. The van der Waals surface area contributed by atoms with Crippen molar-refractivity contribution in [1.29, 1.82) is 0 Å². The molecular formula is C20H23N3O2. The fourth-order valence-electron chi connectivity index (χ4n) is 2.05. The third-order valence-electron chi connectivity index (χ3n) is 3.73. The molecule has 130 valence electrons. The summed E-state index contributed by atoms with van der Waals surface area (Å²) in [4.78, 5) is 23.8. The minimum atomic E-state index is -0.298. The van der Waals surface area contributed by atoms with Crippen molar-refractivity contribution < 1.29 is 9.59 Å². The fraction of sp³-hybridized carbons (Fsp3) is 0.250. The smallest absolute Gasteiger partial charge is 0.271 e. The van der Waals surface area contributed by atoms with Crippen molar-refractivity contribution in [2.45, 2.75) is 27.7 Å². The zero-order chi connectivity index (χ0) is 18.4. The molecule has 0 aliphatic carbocycles. The van der Waals surface area contributed by atoms with Crippen LogP contribution < -0.4 is 10.7 Å². The summed E-state index contributed by atoms with van der Waals surface area (Å²) >= 11 is 0. The van der Waals surface area contributed by atoms with E-state index in [0.29, 0.717) is 11.3 Å². The number of nitrogens with zero attached hydrogens (tertiary/aromatic N) is 1. The Labute approximate surface area is 148 Å². The highest BCUT2D eigenvalue weighted by atomic mass is 16.2. The molecule has 2 N–H and O–H groups in total. The number of anilines is 1. The highest BCUT2D eigenvalue weighted by Gasteiger charge is 2.09. The number of hydrazone groups is 1. The number of benzene rings is 2. The molecule has 0 fully saturated rings. The van der Waals surface area contributed by atoms with Crippen LogP contribution in [-0.4, -0.2) is 17.5 Å². The topological polar surface area (TPSA) is 70.6 Å². The molecule has 2 aromatic rings. The summed E-state index contributed by atoms with van der Waals surface area (Å²) in [7, 11) is 0. The second-order valence-electron chi connectivity index (χ2n) is 6.23. The first-order valence-electron chi connectivity index (χ1n) is 8.19. The Kier molecular flexibility index (Phi) is 6.06. The van der Waals surface area contributed by atoms with Crippen molar-refractivity contribution in [3.63, 3.8) is 0 Å². The van der Waals surface area contributed by atoms with Gasteiger partial charge >= 0.3 is 0 Å². The van der Waals surface area contributed by atoms with Gasteiger partial charge in [-0.25, -0.2) is 5.43 Å². The predicted molar refractivity (Wildman–Crippen MR) is 101 cm³/mol. The second kappa shape index (κ2) is 8.24. The third kappa shape index (κ3) is 5.28. The maximum atomic E-state index is 12.2. The Morgan fingerprint density at radius 1 is 0.920 bits per heavy atom. The van der Waals surface area contributed by atoms with Crippen molar-refractivity contribution >= 4 is 23.2 Å². The van der Waals surface area contributed by atoms with Gasteiger partial charge in [0.2, 0.25) is 5.91 Å². The van der Waals surface area contributed by atoms with Crippen molar-refractivity contribution in [1.82, 2.24) is 5.43 Å². The molecule has 0 heterocycles. The summed E-state index contributed by atoms with van der Waals surface area (Å²) < 4.78 is 0. The van der Waals surface area contributed by atoms with Gasteiger partial charge in [-0.1, -0.05) is 43.7 Å². The molecule has 2 aromatic carbocycles. The van der Waals surface area contributed by atoms with Gasteiger partial charge in [0, 0.05) is 17.2 Å². The predicted octanol–water partition coefficient (Wildman–Crippen LogP) is 3.74. The minimum Gasteiger partial charge on any atom is -0.326 e. The minimum absolute atomic E-state index is 0.0597. The molecule has 2 rings (SSSR count). The molecule has 5 nitrogen and oxygen atoms in total. The van der Waals surface area contributed by atoms with Gasteiger partial charge in [0.25, 0.3) is 5.91 Å². The zero-order valence-electron chi connectivity index (χ0n) is 15.0. The lowest BCUT2D eigenvalue weighted by atomic mass is 10.1. The van der Waals surface area contributed by atoms with Crippen LogP contribution in [0.15, 0.2) is 53.6 Å². The van der Waals surface area contributed by atoms with Crippen LogP contribution in [0, 0.1) is 12.8 Å². The molecule has 0 radical (unpaired) electrons. The van der Waals surface area contributed by atoms with Crippen LogP contribution >= 0.6 is 0 Å². The van der Waals surface area contributed by atoms with Gasteiger partial charge in [-0.2, -0.15) is 5.10 Å². The highest BCUT2D eigenvalue weighted by molar-refractivity contribution is 6.01. The van der Waals surface area contributed by atoms with E-state index in [9.17, 15) is 9.59 Å². The second-order valence-corrected chi connectivity index (χ2v) is 6.23. The Balaban J connectivity index is 1.99. The van der Waals surface area contributed by atoms with Crippen LogP contribution in [0.1, 0.15) is 42.3 Å². The molecule has 0 unspecified atom stereocenters. The largest absolute Gasteiger partial charge is 0.326 e. The summed E-state index contributed by atoms with van der Waals surface area (Å²) in [5.74, 6) is -0.453. The highest BCUT2D eigenvalue weighted by Crippen LogP contribution is 2.11. The normalized spacial score (nSPS) is 11.3. The first-order chi connectivity index (χ1) is 11.9. The van der Waals surface area contributed by atoms with Gasteiger partial charge in [0.15, 0.2) is 0 Å². The number of carbonyl (C=O) groups is 2. The lowest BCUT2D eigenvalue weighted by Crippen LogP contribution is -2.20. The lowest BCUT2D eigenvalue weighted by Gasteiger charge is -2.08. The molecule has 25 heavy (non-hydrogen) atoms. The Bertz CT molecular complexity index is 776. The van der Waals surface area contributed by atoms with Gasteiger partial charge < -0.3 is 5.32 Å². The summed E-state index contributed by atoms with van der Waals surface area (Å²) in [6.07, 6.45) is 0. The molecule has 0 saturated carbocycles. The molecule has 2 amide bonds. The van der Waals surface area contributed by atoms with Gasteiger partial charge in [0.1, 0.15) is 0 Å². The van der Waals surface area contributed by atoms with E-state index in [1.807, 2.05) is 52.0 Å². The maximum absolute atomic E-state index is 12.2. The van der Waals surface area contributed by atoms with Crippen LogP contribution in [-0.2, 0) is 4.79 Å². The van der Waals surface area contributed by atoms with Crippen LogP contribution in [0.2, 0.25) is 0 Å². The van der Waals surface area contributed by atoms with E-state index in [4.69, 9.17) is 0 Å². The van der Waals surface area contributed by atoms with E-state index in [1.165, 1.54) is 5.56 Å². The Morgan fingerprint density at radius 3 is 2.04 bits per heavy atom. The van der Waals surface area contributed by atoms with E-state index in [2.05, 4.69) is 15.8 Å². The van der Waals surface area contributed by atoms with Crippen molar-refractivity contribution in [2.75, 3.05) is 5.32 Å². The fourth-order valence-corrected chi connectivity index (χ4v) is 2.05. The number of hydrogen-bond acceptors (Lipinski definition) is 3. The monoisotopic (exact) mass is 337 g/mol. The molecule has 0 aliphatic heterocycles. The number of aryl methyl sites for hydroxylation is 1. The molecule has 0 aliphatic rings. The standard InChI is InChI=1S/C20H23N3O2/c1-13(2)19(24)21-18-11-9-17(10-12-18)20(25)23-22-15(4)16-7-5-14(3)6-8-16/h5-13H,1-4H3,(H,21,24)(H,23,25)/b22-15+. The molecule has 0 atom stereocenters. The van der Waals surface area contributed by atoms with Crippen molar-refractivity contribution in [2.24, 2.45) is 11.0 Å². The van der Waals surface area contributed by atoms with Gasteiger partial charge in [-0.05, 0) is 43.7 Å². The quantitative estimate of drug-likeness (QED) is 0.644. The first kappa shape index (κ1) is 18.4. The van der Waals surface area contributed by atoms with E-state index in [-0.39, 0.29) is 17.7 Å². The van der Waals surface area contributed by atoms with E-state index >= 15 is 0 Å². The van der Waals surface area contributed by atoms with Crippen molar-refractivity contribution in [3.8, 4) is 0 Å². The van der Waals surface area contributed by atoms with Crippen LogP contribution in [0.25, 0.3) is 0 Å². The molecule has 0 aromatic heterocycles. The van der Waals surface area contributed by atoms with Gasteiger partial charge in [-0.15, -0.1) is 0 Å². The Morgan fingerprint density at radius 2 is 1.48 bits per heavy atom. The average Bonchev–Trinajstić information content (AvgIpc) is 2.60. The Hall–Kier alpha value is -2.95. The van der Waals surface area contributed by atoms with Crippen LogP contribution in [0.5, 0.6) is 0 Å². The molecule has 0 saturated heterocycles. The number of amides is 2. The number of hydrogen-bond donors (Lipinski definition) is 2. The maximum Gasteiger partial charge on any atom is 0.271 e. The van der Waals surface area contributed by atoms with Crippen LogP contribution in [0.4, 0.5) is 5.69 Å². The number of rotatable bonds is 5. The lowest BCUT2D eigenvalue weighted by molar-refractivity contribution is -0.118. The van der Waals surface area contributed by atoms with E-state index < -0.39 is 0 Å². The molecule has 0 spiro atoms. The first-order valence-corrected chi connectivity index (χ1v) is 8.19. The van der Waals surface area contributed by atoms with Crippen molar-refractivity contribution in [3.05, 3.63) is 65.2 Å². The van der Waals surface area contributed by atoms with E-state index in [1.54, 1.807) is 24.3 Å². The van der Waals surface area contributed by atoms with Gasteiger partial charge in [-0.3, -0.25) is 9.59 Å². The summed E-state index contributed by atoms with van der Waals surface area (Å²) in [5, 5.41) is 6.93. The molecule has 0 bridgehead atoms. The SMILES string of the molecule is C/C(=N\NC(=O)c1ccc(NC(=O)C(C)C)cc1)c1ccc(C)cc1. The average molecular weight is 337 g/mol. The third-order valence-corrected chi connectivity index (χ3v) is 3.73. The van der Waals surface area contributed by atoms with E-state index in [0.717, 1.165) is 11.3 Å². The molecular weight excluding hydrogens is 314 g/mol. The summed E-state index contributed by atoms with van der Waals surface area (Å²) in [5.41, 5.74) is 6.55. The van der Waals surface area contributed by atoms with Gasteiger partial charge in [0.05, 0.1) is 5.71 Å². The summed E-state index contributed by atoms with van der Waals surface area (Å²) in [6.45, 7) is 7.51. The zero-order valence-corrected chi connectivity index (χ0v) is 15.0. The molecule has 5 heteroatoms. The number of carbonyl (C=O) groups excluding carboxylic acids is 2. The van der Waals surface area contributed by atoms with Crippen LogP contribution in [0.3, 0.4) is 0 Å².